The topological polar surface area (TPSA) is 333 Å². The summed E-state index contributed by atoms with van der Waals surface area (Å²) in [6.07, 6.45) is 3.16. The van der Waals surface area contributed by atoms with E-state index in [-0.39, 0.29) is 99.0 Å². The smallest absolute Gasteiger partial charge is 0.312 e. The predicted molar refractivity (Wildman–Crippen MR) is 339 cm³/mol. The van der Waals surface area contributed by atoms with Crippen LogP contribution in [0, 0.1) is 35.5 Å². The fraction of sp³-hybridized carbons (Fsp3) is 0.698. The second-order valence-corrected chi connectivity index (χ2v) is 26.0. The van der Waals surface area contributed by atoms with E-state index in [1.165, 1.54) is 25.6 Å². The number of urea groups is 1. The molecule has 10 amide bonds. The molecule has 3 heterocycles. The number of ether oxygens (including phenoxy) is 2. The van der Waals surface area contributed by atoms with Gasteiger partial charge in [0.2, 0.25) is 47.3 Å². The lowest BCUT2D eigenvalue weighted by atomic mass is 9.89. The molecule has 2 aromatic rings. The lowest BCUT2D eigenvalue weighted by Crippen LogP contribution is -2.59. The Hall–Kier alpha value is -6.77. The van der Waals surface area contributed by atoms with Crippen molar-refractivity contribution >= 4 is 76.3 Å². The van der Waals surface area contributed by atoms with E-state index >= 15 is 0 Å². The highest BCUT2D eigenvalue weighted by Gasteiger charge is 2.44. The van der Waals surface area contributed by atoms with Crippen molar-refractivity contribution in [1.29, 1.82) is 0 Å². The number of rotatable bonds is 35. The number of nitrogens with zero attached hydrogens (tertiary/aromatic N) is 5. The third-order valence-corrected chi connectivity index (χ3v) is 18.2. The van der Waals surface area contributed by atoms with Gasteiger partial charge in [-0.25, -0.2) is 9.78 Å². The molecule has 2 aliphatic rings. The van der Waals surface area contributed by atoms with Crippen molar-refractivity contribution in [3.05, 3.63) is 46.4 Å². The fourth-order valence-electron chi connectivity index (χ4n) is 12.1. The van der Waals surface area contributed by atoms with Gasteiger partial charge in [0.25, 0.3) is 0 Å². The van der Waals surface area contributed by atoms with Gasteiger partial charge in [0, 0.05) is 77.6 Å². The predicted octanol–water partition coefficient (Wildman–Crippen LogP) is 4.31. The first kappa shape index (κ1) is 74.7. The molecule has 0 bridgehead atoms. The number of piperidine rings is 1. The molecule has 1 aromatic heterocycles. The van der Waals surface area contributed by atoms with Gasteiger partial charge in [0.05, 0.1) is 54.6 Å². The Morgan fingerprint density at radius 3 is 1.96 bits per heavy atom. The van der Waals surface area contributed by atoms with E-state index in [4.69, 9.17) is 15.2 Å². The highest BCUT2D eigenvalue weighted by Crippen LogP contribution is 2.31. The average molecular weight is 1270 g/mol. The van der Waals surface area contributed by atoms with Gasteiger partial charge in [-0.05, 0) is 100 Å². The summed E-state index contributed by atoms with van der Waals surface area (Å²) >= 11 is 1.38. The van der Waals surface area contributed by atoms with E-state index < -0.39 is 102 Å². The molecule has 0 aliphatic carbocycles. The zero-order chi connectivity index (χ0) is 66.4. The van der Waals surface area contributed by atoms with Crippen molar-refractivity contribution in [3.63, 3.8) is 0 Å². The van der Waals surface area contributed by atoms with E-state index in [1.807, 2.05) is 65.9 Å². The summed E-state index contributed by atoms with van der Waals surface area (Å²) in [6.45, 7) is 18.1. The largest absolute Gasteiger partial charge is 0.481 e. The number of carboxylic acid groups (broad SMARTS) is 1. The van der Waals surface area contributed by atoms with Gasteiger partial charge in [-0.2, -0.15) is 0 Å². The molecule has 26 heteroatoms. The molecule has 11 atom stereocenters. The monoisotopic (exact) mass is 1270 g/mol. The van der Waals surface area contributed by atoms with Crippen LogP contribution in [0.15, 0.2) is 35.8 Å². The molecule has 2 saturated heterocycles. The number of likely N-dealkylation sites (N-methyl/N-ethyl adjacent to an activating group) is 2. The van der Waals surface area contributed by atoms with Crippen LogP contribution in [0.3, 0.4) is 0 Å². The summed E-state index contributed by atoms with van der Waals surface area (Å²) in [5.74, 6) is -5.94. The number of aliphatic carboxylic acids is 1. The molecule has 9 N–H and O–H groups in total. The Morgan fingerprint density at radius 2 is 1.42 bits per heavy atom. The van der Waals surface area contributed by atoms with Crippen molar-refractivity contribution in [2.45, 2.75) is 187 Å². The molecule has 0 radical (unpaired) electrons. The minimum Gasteiger partial charge on any atom is -0.481 e. The molecule has 498 valence electrons. The van der Waals surface area contributed by atoms with Crippen LogP contribution in [0.5, 0.6) is 0 Å². The SMILES string of the molecule is CC[C@H](C)[C@@H]([C@@H](CC(=O)N1CCC[C@H]1[C@H](OC)[C@@H](C)C(=O)N[C@@H](Cc1ccc(NC(=O)[C@H](CCCNC(N)=O)NC(=O)[C@@H](NC(=O)CCC(=O)N2CCC(C(=O)O)CC2)C(C)C)cc1)c1nccs1)OC)N(C)C(=O)[C@@H](NC(=O)[C@H](C(C)C)N(C)C)C(C)C. The first-order chi connectivity index (χ1) is 42.0. The highest BCUT2D eigenvalue weighted by atomic mass is 32.1. The Morgan fingerprint density at radius 1 is 0.764 bits per heavy atom. The van der Waals surface area contributed by atoms with Crippen molar-refractivity contribution in [2.75, 3.05) is 66.9 Å². The number of nitrogens with one attached hydrogen (secondary N) is 6. The van der Waals surface area contributed by atoms with Gasteiger partial charge >= 0.3 is 12.0 Å². The summed E-state index contributed by atoms with van der Waals surface area (Å²) in [4.78, 5) is 145. The zero-order valence-electron chi connectivity index (χ0n) is 54.8. The van der Waals surface area contributed by atoms with Crippen LogP contribution >= 0.6 is 11.3 Å². The Balaban J connectivity index is 1.44. The zero-order valence-corrected chi connectivity index (χ0v) is 55.6. The number of benzene rings is 1. The maximum absolute atomic E-state index is 14.6. The molecule has 89 heavy (non-hydrogen) atoms. The molecular formula is C63H102N12O13S. The highest BCUT2D eigenvalue weighted by molar-refractivity contribution is 7.09. The Bertz CT molecular complexity index is 2640. The number of amides is 10. The number of thiazole rings is 1. The maximum atomic E-state index is 14.6. The lowest BCUT2D eigenvalue weighted by molar-refractivity contribution is -0.148. The van der Waals surface area contributed by atoms with E-state index in [2.05, 4.69) is 36.9 Å². The van der Waals surface area contributed by atoms with Crippen LogP contribution in [-0.4, -0.2) is 199 Å². The number of primary amides is 1. The average Bonchev–Trinajstić information content (AvgIpc) is 2.41. The normalized spacial score (nSPS) is 18.0. The summed E-state index contributed by atoms with van der Waals surface area (Å²) in [6, 6.07) is 1.22. The number of aromatic nitrogens is 1. The molecule has 0 unspecified atom stereocenters. The molecule has 0 saturated carbocycles. The number of anilines is 1. The Kier molecular flexibility index (Phi) is 30.4. The van der Waals surface area contributed by atoms with Gasteiger partial charge < -0.3 is 66.9 Å². The van der Waals surface area contributed by atoms with Crippen molar-refractivity contribution < 1.29 is 62.5 Å². The number of hydrogen-bond donors (Lipinski definition) is 8. The summed E-state index contributed by atoms with van der Waals surface area (Å²) < 4.78 is 12.2. The van der Waals surface area contributed by atoms with Crippen molar-refractivity contribution in [3.8, 4) is 0 Å². The number of hydrogen-bond acceptors (Lipinski definition) is 15. The number of carbonyl (C=O) groups is 10. The minimum absolute atomic E-state index is 0.00173. The molecule has 2 fully saturated rings. The minimum atomic E-state index is -1.12. The number of methoxy groups -OCH3 is 2. The molecule has 1 aromatic carbocycles. The molecule has 0 spiro atoms. The van der Waals surface area contributed by atoms with Crippen LogP contribution in [0.2, 0.25) is 0 Å². The van der Waals surface area contributed by atoms with Gasteiger partial charge in [-0.1, -0.05) is 80.9 Å². The van der Waals surface area contributed by atoms with Gasteiger partial charge in [-0.15, -0.1) is 11.3 Å². The lowest BCUT2D eigenvalue weighted by Gasteiger charge is -2.41. The van der Waals surface area contributed by atoms with Crippen molar-refractivity contribution in [2.24, 2.45) is 41.2 Å². The molecule has 2 aliphatic heterocycles. The van der Waals surface area contributed by atoms with Gasteiger partial charge in [-0.3, -0.25) is 48.1 Å². The summed E-state index contributed by atoms with van der Waals surface area (Å²) in [5, 5.41) is 28.8. The van der Waals surface area contributed by atoms with Crippen LogP contribution in [-0.2, 0) is 59.0 Å². The van der Waals surface area contributed by atoms with Gasteiger partial charge in [0.15, 0.2) is 0 Å². The van der Waals surface area contributed by atoms with E-state index in [0.29, 0.717) is 55.8 Å². The van der Waals surface area contributed by atoms with E-state index in [9.17, 15) is 53.1 Å². The number of carboxylic acids is 1. The maximum Gasteiger partial charge on any atom is 0.312 e. The molecule has 4 rings (SSSR count). The number of nitrogens with two attached hydrogens (primary N) is 1. The van der Waals surface area contributed by atoms with E-state index in [1.54, 1.807) is 73.0 Å². The molecular weight excluding hydrogens is 1160 g/mol. The quantitative estimate of drug-likeness (QED) is 0.0446. The van der Waals surface area contributed by atoms with Crippen LogP contribution < -0.4 is 37.6 Å². The summed E-state index contributed by atoms with van der Waals surface area (Å²) in [7, 11) is 8.46. The van der Waals surface area contributed by atoms with Crippen LogP contribution in [0.25, 0.3) is 0 Å². The standard InChI is InChI=1S/C63H102N12O13S/c1-15-39(8)54(73(12)61(83)52(37(4)5)71-59(82)53(38(6)7)72(10)11)47(87-13)35-50(78)75-30-17-19-46(75)55(88-14)40(9)56(79)69-45(60-65-29-33-89-60)34-41-20-22-43(23-21-41)67-57(80)44(18-16-28-66-63(64)86)68-58(81)51(36(2)3)70-48(76)24-25-49(77)74-31-26-42(27-32-74)62(84)85/h20-23,29,33,36-40,42,44-47,51-55H,15-19,24-28,30-32,34-35H2,1-14H3,(H,67,80)(H,68,81)(H,69,79)(H,70,76)(H,71,82)(H,84,85)(H3,64,66,86)/t39-,40+,44-,45-,46-,47+,51-,52-,53-,54-,55+/m0/s1. The third kappa shape index (κ3) is 22.0. The van der Waals surface area contributed by atoms with Crippen LogP contribution in [0.4, 0.5) is 10.5 Å². The second kappa shape index (κ2) is 36.2. The van der Waals surface area contributed by atoms with Crippen molar-refractivity contribution in [1.82, 2.24) is 51.2 Å². The second-order valence-electron chi connectivity index (χ2n) is 25.1. The summed E-state index contributed by atoms with van der Waals surface area (Å²) in [5.41, 5.74) is 6.46. The number of carbonyl (C=O) groups excluding carboxylic acids is 9. The fourth-order valence-corrected chi connectivity index (χ4v) is 12.8. The third-order valence-electron chi connectivity index (χ3n) is 17.3. The van der Waals surface area contributed by atoms with Gasteiger partial charge in [0.1, 0.15) is 23.1 Å². The van der Waals surface area contributed by atoms with E-state index in [0.717, 1.165) is 5.56 Å². The first-order valence-electron chi connectivity index (χ1n) is 31.4. The Labute approximate surface area is 529 Å². The molecule has 25 nitrogen and oxygen atoms in total. The number of likely N-dealkylation sites (tertiary alicyclic amines) is 2. The first-order valence-corrected chi connectivity index (χ1v) is 32.2. The van der Waals surface area contributed by atoms with Crippen LogP contribution in [0.1, 0.15) is 143 Å².